The molecule has 0 aromatic carbocycles. The Balaban J connectivity index is 0.678. The van der Waals surface area contributed by atoms with Crippen LogP contribution in [0.5, 0.6) is 0 Å². The number of aliphatic hydroxyl groups is 3. The largest absolute Gasteiger partial charge is 0.459 e. The van der Waals surface area contributed by atoms with Gasteiger partial charge in [0.1, 0.15) is 36.6 Å². The van der Waals surface area contributed by atoms with Gasteiger partial charge in [-0.05, 0) is 80.8 Å². The first-order chi connectivity index (χ1) is 36.8. The number of esters is 1. The topological polar surface area (TPSA) is 216 Å². The van der Waals surface area contributed by atoms with E-state index in [4.69, 9.17) is 71.1 Å². The van der Waals surface area contributed by atoms with Crippen LogP contribution in [0.4, 0.5) is 0 Å². The summed E-state index contributed by atoms with van der Waals surface area (Å²) in [6.45, 7) is 19.7. The molecular weight excluding hydrogens is 1000 g/mol. The van der Waals surface area contributed by atoms with Crippen molar-refractivity contribution >= 4 is 5.97 Å². The minimum absolute atomic E-state index is 0.0227. The molecule has 4 unspecified atom stereocenters. The standard InChI is InChI=1S/C58H82O19/c1-24-14-31-8-10-35-25(2)15-33(64-35)12-13-57-54(61)58(62)53(77-57)52-51(76-58)50(75-57)49-36(68-52)11-9-32(66-49)16-44(60)70-48-29(6)47-40(67-39(48)18-37(65-31)28(24)5)19-38-42(69-47)22-56(71-38)23-43-46(74-56)27(4)21-55(73-43)20-26(3)45-41(72-55)17-34(59)30(7)63-45/h24,26-27,29-43,45-54,59,61-62H,2,5,8-23H2,1,3-4,6-7H3/t24-,26+,27+,29+,30-,31+,32-,33+,34-,35+,36+,37?,38-,39+,40+,41+,42-,43+,45?,46+,47+,48-,49+,50+,51?,52?,53+,54+,55-,56-,57-,58-/m1/s1. The lowest BCUT2D eigenvalue weighted by atomic mass is 9.78. The molecular formula is C58H82O19. The highest BCUT2D eigenvalue weighted by Gasteiger charge is 2.79. The zero-order valence-corrected chi connectivity index (χ0v) is 45.3. The molecule has 16 fully saturated rings. The second kappa shape index (κ2) is 18.6. The predicted molar refractivity (Wildman–Crippen MR) is 264 cm³/mol. The minimum atomic E-state index is -2.02. The molecule has 32 atom stereocenters. The van der Waals surface area contributed by atoms with Gasteiger partial charge in [-0.15, -0.1) is 0 Å². The Kier molecular flexibility index (Phi) is 12.6. The fraction of sp³-hybridized carbons (Fsp3) is 0.914. The van der Waals surface area contributed by atoms with E-state index in [-0.39, 0.29) is 110 Å². The molecule has 16 aliphatic rings. The summed E-state index contributed by atoms with van der Waals surface area (Å²) in [4.78, 5) is 14.6. The normalized spacial score (nSPS) is 60.6. The van der Waals surface area contributed by atoms with E-state index in [0.717, 1.165) is 30.4 Å². The third kappa shape index (κ3) is 8.37. The van der Waals surface area contributed by atoms with Crippen LogP contribution in [0.2, 0.25) is 0 Å². The lowest BCUT2D eigenvalue weighted by Gasteiger charge is -2.54. The van der Waals surface area contributed by atoms with Crippen LogP contribution in [-0.2, 0) is 75.8 Å². The van der Waals surface area contributed by atoms with E-state index in [0.29, 0.717) is 70.6 Å². The summed E-state index contributed by atoms with van der Waals surface area (Å²) in [6.07, 6.45) is -2.42. The maximum Gasteiger partial charge on any atom is 0.308 e. The van der Waals surface area contributed by atoms with Gasteiger partial charge in [0.25, 0.3) is 0 Å². The van der Waals surface area contributed by atoms with Gasteiger partial charge in [-0.3, -0.25) is 4.79 Å². The maximum absolute atomic E-state index is 14.6. The van der Waals surface area contributed by atoms with Gasteiger partial charge in [0.2, 0.25) is 11.6 Å². The van der Waals surface area contributed by atoms with Gasteiger partial charge in [-0.25, -0.2) is 0 Å². The zero-order chi connectivity index (χ0) is 52.8. The summed E-state index contributed by atoms with van der Waals surface area (Å²) in [6, 6.07) is 0. The predicted octanol–water partition coefficient (Wildman–Crippen LogP) is 4.49. The van der Waals surface area contributed by atoms with E-state index in [2.05, 4.69) is 40.9 Å². The van der Waals surface area contributed by atoms with Crippen LogP contribution >= 0.6 is 0 Å². The summed E-state index contributed by atoms with van der Waals surface area (Å²) in [7, 11) is 0. The van der Waals surface area contributed by atoms with Crippen LogP contribution in [0.25, 0.3) is 0 Å². The van der Waals surface area contributed by atoms with Crippen molar-refractivity contribution < 1.29 is 91.2 Å². The molecule has 77 heavy (non-hydrogen) atoms. The first-order valence-electron chi connectivity index (χ1n) is 29.8. The van der Waals surface area contributed by atoms with Crippen molar-refractivity contribution in [1.82, 2.24) is 0 Å². The summed E-state index contributed by atoms with van der Waals surface area (Å²) >= 11 is 0. The monoisotopic (exact) mass is 1080 g/mol. The van der Waals surface area contributed by atoms with E-state index < -0.39 is 102 Å². The number of carbonyl (C=O) groups excluding carboxylic acids is 1. The Hall–Kier alpha value is -1.73. The van der Waals surface area contributed by atoms with Crippen LogP contribution in [0.1, 0.15) is 137 Å². The molecule has 0 aromatic heterocycles. The molecule has 0 amide bonds. The van der Waals surface area contributed by atoms with Crippen LogP contribution in [0, 0.1) is 23.7 Å². The van der Waals surface area contributed by atoms with Crippen molar-refractivity contribution in [3.63, 3.8) is 0 Å². The van der Waals surface area contributed by atoms with Gasteiger partial charge in [0.05, 0.1) is 110 Å². The quantitative estimate of drug-likeness (QED) is 0.225. The maximum atomic E-state index is 14.6. The minimum Gasteiger partial charge on any atom is -0.459 e. The molecule has 0 aromatic rings. The molecule has 3 spiro atoms. The average molecular weight is 1080 g/mol. The van der Waals surface area contributed by atoms with E-state index in [1.54, 1.807) is 0 Å². The van der Waals surface area contributed by atoms with Gasteiger partial charge in [0.15, 0.2) is 17.7 Å². The van der Waals surface area contributed by atoms with E-state index >= 15 is 0 Å². The van der Waals surface area contributed by atoms with Crippen molar-refractivity contribution in [1.29, 1.82) is 0 Å². The summed E-state index contributed by atoms with van der Waals surface area (Å²) in [5.74, 6) is -5.50. The Morgan fingerprint density at radius 3 is 2.05 bits per heavy atom. The van der Waals surface area contributed by atoms with Crippen LogP contribution in [0.15, 0.2) is 24.3 Å². The van der Waals surface area contributed by atoms with E-state index in [9.17, 15) is 20.1 Å². The first-order valence-corrected chi connectivity index (χ1v) is 29.8. The second-order valence-electron chi connectivity index (χ2n) is 26.9. The van der Waals surface area contributed by atoms with Gasteiger partial charge in [-0.2, -0.15) is 0 Å². The summed E-state index contributed by atoms with van der Waals surface area (Å²) in [5.41, 5.74) is 2.02. The Labute approximate surface area is 450 Å². The smallest absolute Gasteiger partial charge is 0.308 e. The molecule has 0 saturated carbocycles. The molecule has 16 aliphatic heterocycles. The SMILES string of the molecule is C=C1C2C[C@@H]3O[C@H]4C[C@H]5O[C@]6(C[C@@H]7O[C@]8(C[C@H](C)C9O[C@H](C)[C@H](O)C[C@@H]9O8)C[C@H](C)[C@@H]7O6)C[C@H]5O[C@H]4[C@H](C)[C@H]3OC(=O)C[C@H]3CC[C@@H]4OC5C6O[C@]7(O)[C@H]5O[C@@](CC[C@H]5CC(=C)[C@H](CC[C@@H](C[C@H]1C)O2)O5)(O[C@H]6[C@H]4O3)[C@@H]7O. The highest BCUT2D eigenvalue weighted by atomic mass is 16.8. The highest BCUT2D eigenvalue weighted by molar-refractivity contribution is 5.70. The molecule has 3 N–H and O–H groups in total. The lowest BCUT2D eigenvalue weighted by Crippen LogP contribution is -2.63. The van der Waals surface area contributed by atoms with Crippen molar-refractivity contribution in [3.8, 4) is 0 Å². The van der Waals surface area contributed by atoms with Crippen LogP contribution in [-0.4, -0.2) is 191 Å². The molecule has 0 aliphatic carbocycles. The van der Waals surface area contributed by atoms with Crippen LogP contribution in [0.3, 0.4) is 0 Å². The fourth-order valence-corrected chi connectivity index (χ4v) is 17.8. The van der Waals surface area contributed by atoms with Crippen molar-refractivity contribution in [3.05, 3.63) is 24.3 Å². The summed E-state index contributed by atoms with van der Waals surface area (Å²) in [5, 5.41) is 34.5. The van der Waals surface area contributed by atoms with Gasteiger partial charge >= 0.3 is 5.97 Å². The number of ether oxygens (including phenoxy) is 15. The molecule has 428 valence electrons. The fourth-order valence-electron chi connectivity index (χ4n) is 17.8. The van der Waals surface area contributed by atoms with Crippen molar-refractivity contribution in [2.45, 2.75) is 307 Å². The molecule has 16 rings (SSSR count). The zero-order valence-electron chi connectivity index (χ0n) is 45.3. The first kappa shape index (κ1) is 52.1. The van der Waals surface area contributed by atoms with Crippen molar-refractivity contribution in [2.75, 3.05) is 0 Å². The van der Waals surface area contributed by atoms with Crippen LogP contribution < -0.4 is 0 Å². The second-order valence-corrected chi connectivity index (χ2v) is 26.9. The lowest BCUT2D eigenvalue weighted by molar-refractivity contribution is -0.370. The molecule has 0 radical (unpaired) electrons. The average Bonchev–Trinajstić information content (AvgIpc) is 4.22. The molecule has 19 heteroatoms. The number of fused-ring (bicyclic) bond motifs is 10. The third-order valence-corrected chi connectivity index (χ3v) is 21.6. The number of aliphatic hydroxyl groups excluding tert-OH is 2. The molecule has 12 bridgehead atoms. The van der Waals surface area contributed by atoms with E-state index in [1.165, 1.54) is 0 Å². The Morgan fingerprint density at radius 2 is 1.21 bits per heavy atom. The molecule has 16 saturated heterocycles. The van der Waals surface area contributed by atoms with Crippen molar-refractivity contribution in [2.24, 2.45) is 23.7 Å². The highest BCUT2D eigenvalue weighted by Crippen LogP contribution is 2.59. The number of hydrogen-bond donors (Lipinski definition) is 3. The Bertz CT molecular complexity index is 2340. The number of carbonyl (C=O) groups is 1. The Morgan fingerprint density at radius 1 is 0.506 bits per heavy atom. The van der Waals surface area contributed by atoms with Gasteiger partial charge in [0, 0.05) is 57.3 Å². The number of rotatable bonds is 0. The third-order valence-electron chi connectivity index (χ3n) is 21.6. The molecule has 19 nitrogen and oxygen atoms in total. The summed E-state index contributed by atoms with van der Waals surface area (Å²) < 4.78 is 102. The van der Waals surface area contributed by atoms with E-state index in [1.807, 2.05) is 6.92 Å². The number of hydrogen-bond acceptors (Lipinski definition) is 19. The van der Waals surface area contributed by atoms with Gasteiger partial charge < -0.3 is 86.4 Å². The molecule has 16 heterocycles. The van der Waals surface area contributed by atoms with Gasteiger partial charge in [-0.1, -0.05) is 40.9 Å².